The van der Waals surface area contributed by atoms with E-state index in [0.717, 1.165) is 12.0 Å². The van der Waals surface area contributed by atoms with E-state index in [4.69, 9.17) is 5.26 Å². The Balaban J connectivity index is 2.14. The van der Waals surface area contributed by atoms with Crippen molar-refractivity contribution in [2.24, 2.45) is 5.41 Å². The van der Waals surface area contributed by atoms with Crippen molar-refractivity contribution in [3.8, 4) is 6.07 Å². The van der Waals surface area contributed by atoms with Crippen LogP contribution >= 0.6 is 0 Å². The lowest BCUT2D eigenvalue weighted by Gasteiger charge is -2.33. The van der Waals surface area contributed by atoms with E-state index < -0.39 is 5.41 Å². The molecule has 1 N–H and O–H groups in total. The first-order valence-electron chi connectivity index (χ1n) is 5.31. The molecule has 0 bridgehead atoms. The second-order valence-electron chi connectivity index (χ2n) is 4.19. The van der Waals surface area contributed by atoms with Crippen molar-refractivity contribution in [3.05, 3.63) is 24.0 Å². The molecule has 4 nitrogen and oxygen atoms in total. The molecule has 1 amide bonds. The maximum absolute atomic E-state index is 11.9. The normalized spacial score (nSPS) is 17.0. The van der Waals surface area contributed by atoms with Gasteiger partial charge in [-0.1, -0.05) is 0 Å². The molecule has 0 saturated heterocycles. The third-order valence-corrected chi connectivity index (χ3v) is 3.14. The highest BCUT2D eigenvalue weighted by Crippen LogP contribution is 2.41. The molecule has 1 aromatic heterocycles. The Hall–Kier alpha value is -1.89. The zero-order chi connectivity index (χ0) is 11.6. The number of aryl methyl sites for hydroxylation is 1. The van der Waals surface area contributed by atoms with Gasteiger partial charge in [0.2, 0.25) is 5.91 Å². The van der Waals surface area contributed by atoms with Crippen LogP contribution in [0.15, 0.2) is 18.5 Å². The Morgan fingerprint density at radius 3 is 2.88 bits per heavy atom. The lowest BCUT2D eigenvalue weighted by atomic mass is 9.69. The molecule has 2 rings (SSSR count). The summed E-state index contributed by atoms with van der Waals surface area (Å²) < 4.78 is 0. The van der Waals surface area contributed by atoms with E-state index in [2.05, 4.69) is 16.4 Å². The predicted molar refractivity (Wildman–Crippen MR) is 59.5 cm³/mol. The van der Waals surface area contributed by atoms with Crippen molar-refractivity contribution in [1.82, 2.24) is 4.98 Å². The van der Waals surface area contributed by atoms with Crippen LogP contribution in [0.1, 0.15) is 24.8 Å². The standard InChI is InChI=1S/C12H13N3O/c1-9-3-6-14-7-10(9)15-11(16)12(8-13)4-2-5-12/h3,6-7H,2,4-5H2,1H3,(H,15,16). The van der Waals surface area contributed by atoms with Crippen LogP contribution in [-0.2, 0) is 4.79 Å². The molecule has 82 valence electrons. The fraction of sp³-hybridized carbons (Fsp3) is 0.417. The van der Waals surface area contributed by atoms with Gasteiger partial charge in [-0.15, -0.1) is 0 Å². The van der Waals surface area contributed by atoms with E-state index in [1.807, 2.05) is 13.0 Å². The summed E-state index contributed by atoms with van der Waals surface area (Å²) in [6.45, 7) is 1.90. The molecule has 0 atom stereocenters. The second-order valence-corrected chi connectivity index (χ2v) is 4.19. The summed E-state index contributed by atoms with van der Waals surface area (Å²) >= 11 is 0. The Morgan fingerprint density at radius 2 is 2.38 bits per heavy atom. The number of nitriles is 1. The quantitative estimate of drug-likeness (QED) is 0.820. The van der Waals surface area contributed by atoms with Crippen molar-refractivity contribution in [3.63, 3.8) is 0 Å². The third kappa shape index (κ3) is 1.65. The lowest BCUT2D eigenvalue weighted by molar-refractivity contribution is -0.126. The number of hydrogen-bond acceptors (Lipinski definition) is 3. The molecule has 1 aliphatic rings. The molecule has 16 heavy (non-hydrogen) atoms. The molecular formula is C12H13N3O. The van der Waals surface area contributed by atoms with Crippen molar-refractivity contribution < 1.29 is 4.79 Å². The number of carbonyl (C=O) groups is 1. The van der Waals surface area contributed by atoms with Gasteiger partial charge >= 0.3 is 0 Å². The van der Waals surface area contributed by atoms with E-state index in [9.17, 15) is 4.79 Å². The molecule has 0 aliphatic heterocycles. The van der Waals surface area contributed by atoms with Gasteiger partial charge in [0.05, 0.1) is 18.0 Å². The minimum absolute atomic E-state index is 0.197. The molecule has 0 unspecified atom stereocenters. The average molecular weight is 215 g/mol. The van der Waals surface area contributed by atoms with Crippen molar-refractivity contribution in [2.75, 3.05) is 5.32 Å². The maximum Gasteiger partial charge on any atom is 0.244 e. The number of rotatable bonds is 2. The Bertz CT molecular complexity index is 458. The van der Waals surface area contributed by atoms with Gasteiger partial charge < -0.3 is 5.32 Å². The van der Waals surface area contributed by atoms with Gasteiger partial charge in [-0.05, 0) is 37.8 Å². The van der Waals surface area contributed by atoms with E-state index >= 15 is 0 Å². The smallest absolute Gasteiger partial charge is 0.244 e. The van der Waals surface area contributed by atoms with Crippen LogP contribution in [0.25, 0.3) is 0 Å². The summed E-state index contributed by atoms with van der Waals surface area (Å²) in [6, 6.07) is 3.95. The molecule has 0 radical (unpaired) electrons. The number of anilines is 1. The minimum Gasteiger partial charge on any atom is -0.323 e. The van der Waals surface area contributed by atoms with Gasteiger partial charge in [0.15, 0.2) is 0 Å². The van der Waals surface area contributed by atoms with E-state index in [0.29, 0.717) is 18.5 Å². The summed E-state index contributed by atoms with van der Waals surface area (Å²) in [7, 11) is 0. The van der Waals surface area contributed by atoms with Crippen LogP contribution in [0.5, 0.6) is 0 Å². The fourth-order valence-electron chi connectivity index (χ4n) is 1.76. The third-order valence-electron chi connectivity index (χ3n) is 3.14. The SMILES string of the molecule is Cc1ccncc1NC(=O)C1(C#N)CCC1. The Morgan fingerprint density at radius 1 is 1.62 bits per heavy atom. The number of carbonyl (C=O) groups excluding carboxylic acids is 1. The summed E-state index contributed by atoms with van der Waals surface area (Å²) in [5, 5.41) is 11.8. The number of nitrogens with one attached hydrogen (secondary N) is 1. The van der Waals surface area contributed by atoms with E-state index in [1.165, 1.54) is 0 Å². The molecule has 4 heteroatoms. The summed E-state index contributed by atoms with van der Waals surface area (Å²) in [5.41, 5.74) is 0.840. The predicted octanol–water partition coefficient (Wildman–Crippen LogP) is 2.02. The van der Waals surface area contributed by atoms with Gasteiger partial charge in [0.1, 0.15) is 5.41 Å². The van der Waals surface area contributed by atoms with E-state index in [-0.39, 0.29) is 5.91 Å². The molecule has 1 aliphatic carbocycles. The highest BCUT2D eigenvalue weighted by Gasteiger charge is 2.44. The first kappa shape index (κ1) is 10.6. The average Bonchev–Trinajstić information content (AvgIpc) is 2.21. The van der Waals surface area contributed by atoms with Gasteiger partial charge in [0.25, 0.3) is 0 Å². The summed E-state index contributed by atoms with van der Waals surface area (Å²) in [5.74, 6) is -0.197. The number of aromatic nitrogens is 1. The number of hydrogen-bond donors (Lipinski definition) is 1. The van der Waals surface area contributed by atoms with Gasteiger partial charge in [0, 0.05) is 6.20 Å². The number of pyridine rings is 1. The second kappa shape index (κ2) is 3.93. The lowest BCUT2D eigenvalue weighted by Crippen LogP contribution is -2.40. The van der Waals surface area contributed by atoms with Crippen molar-refractivity contribution in [1.29, 1.82) is 5.26 Å². The van der Waals surface area contributed by atoms with Gasteiger partial charge in [-0.25, -0.2) is 0 Å². The van der Waals surface area contributed by atoms with Gasteiger partial charge in [-0.3, -0.25) is 9.78 Å². The van der Waals surface area contributed by atoms with Crippen LogP contribution in [0.4, 0.5) is 5.69 Å². The molecule has 1 aromatic rings. The number of amides is 1. The van der Waals surface area contributed by atoms with Crippen LogP contribution < -0.4 is 5.32 Å². The summed E-state index contributed by atoms with van der Waals surface area (Å²) in [4.78, 5) is 15.9. The highest BCUT2D eigenvalue weighted by molar-refractivity contribution is 5.98. The fourth-order valence-corrected chi connectivity index (χ4v) is 1.76. The first-order valence-corrected chi connectivity index (χ1v) is 5.31. The van der Waals surface area contributed by atoms with Crippen molar-refractivity contribution in [2.45, 2.75) is 26.2 Å². The van der Waals surface area contributed by atoms with Crippen LogP contribution in [0.3, 0.4) is 0 Å². The molecule has 1 saturated carbocycles. The first-order chi connectivity index (χ1) is 7.68. The Labute approximate surface area is 94.3 Å². The maximum atomic E-state index is 11.9. The van der Waals surface area contributed by atoms with Gasteiger partial charge in [-0.2, -0.15) is 5.26 Å². The molecule has 0 spiro atoms. The van der Waals surface area contributed by atoms with Crippen LogP contribution in [0.2, 0.25) is 0 Å². The Kier molecular flexibility index (Phi) is 2.61. The van der Waals surface area contributed by atoms with Crippen molar-refractivity contribution >= 4 is 11.6 Å². The largest absolute Gasteiger partial charge is 0.323 e. The molecule has 1 heterocycles. The monoisotopic (exact) mass is 215 g/mol. The minimum atomic E-state index is -0.803. The zero-order valence-electron chi connectivity index (χ0n) is 9.16. The molecule has 0 aromatic carbocycles. The molecular weight excluding hydrogens is 202 g/mol. The van der Waals surface area contributed by atoms with Crippen LogP contribution in [-0.4, -0.2) is 10.9 Å². The topological polar surface area (TPSA) is 65.8 Å². The zero-order valence-corrected chi connectivity index (χ0v) is 9.16. The molecule has 1 fully saturated rings. The highest BCUT2D eigenvalue weighted by atomic mass is 16.2. The van der Waals surface area contributed by atoms with Crippen LogP contribution in [0, 0.1) is 23.7 Å². The summed E-state index contributed by atoms with van der Waals surface area (Å²) in [6.07, 6.45) is 5.56. The number of nitrogens with zero attached hydrogens (tertiary/aromatic N) is 2. The van der Waals surface area contributed by atoms with E-state index in [1.54, 1.807) is 12.4 Å².